The highest BCUT2D eigenvalue weighted by Crippen LogP contribution is 2.16. The fourth-order valence-corrected chi connectivity index (χ4v) is 2.22. The Hall–Kier alpha value is -2.41. The molecule has 0 radical (unpaired) electrons. The monoisotopic (exact) mass is 486 g/mol. The molecule has 0 aromatic heterocycles. The number of rotatable bonds is 6. The molecule has 0 heterocycles. The van der Waals surface area contributed by atoms with E-state index in [1.807, 2.05) is 6.07 Å². The first-order chi connectivity index (χ1) is 12.5. The molecule has 1 unspecified atom stereocenters. The highest BCUT2D eigenvalue weighted by atomic mass is 127. The first kappa shape index (κ1) is 22.6. The molecule has 0 bridgehead atoms. The van der Waals surface area contributed by atoms with E-state index in [1.54, 1.807) is 32.2 Å². The van der Waals surface area contributed by atoms with E-state index in [0.717, 1.165) is 0 Å². The predicted octanol–water partition coefficient (Wildman–Crippen LogP) is 3.59. The molecule has 2 rings (SSSR count). The highest BCUT2D eigenvalue weighted by Gasteiger charge is 2.10. The Morgan fingerprint density at radius 2 is 1.93 bits per heavy atom. The second-order valence-electron chi connectivity index (χ2n) is 5.58. The molecule has 1 atom stereocenters. The molecule has 0 saturated heterocycles. The minimum atomic E-state index is -0.422. The van der Waals surface area contributed by atoms with Crippen LogP contribution in [0.1, 0.15) is 18.1 Å². The molecule has 2 aromatic rings. The number of halogens is 3. The van der Waals surface area contributed by atoms with Gasteiger partial charge in [-0.05, 0) is 37.3 Å². The van der Waals surface area contributed by atoms with E-state index >= 15 is 0 Å². The molecule has 144 valence electrons. The van der Waals surface area contributed by atoms with Crippen LogP contribution in [0.15, 0.2) is 47.5 Å². The van der Waals surface area contributed by atoms with Crippen LogP contribution in [-0.4, -0.2) is 25.7 Å². The number of nitrogens with zero attached hydrogens (tertiary/aromatic N) is 2. The first-order valence-electron chi connectivity index (χ1n) is 8.07. The molecule has 0 aliphatic rings. The van der Waals surface area contributed by atoms with E-state index in [9.17, 15) is 8.78 Å². The average molecular weight is 486 g/mol. The summed E-state index contributed by atoms with van der Waals surface area (Å²) in [4.78, 5) is 4.05. The van der Waals surface area contributed by atoms with Gasteiger partial charge in [-0.3, -0.25) is 4.99 Å². The second-order valence-corrected chi connectivity index (χ2v) is 5.58. The number of aliphatic imine (C=N–C) groups is 1. The lowest BCUT2D eigenvalue weighted by molar-refractivity contribution is 0.214. The maximum Gasteiger partial charge on any atom is 0.191 e. The summed E-state index contributed by atoms with van der Waals surface area (Å²) < 4.78 is 32.9. The van der Waals surface area contributed by atoms with E-state index in [2.05, 4.69) is 15.6 Å². The van der Waals surface area contributed by atoms with Crippen molar-refractivity contribution in [2.45, 2.75) is 19.6 Å². The van der Waals surface area contributed by atoms with Gasteiger partial charge in [0.05, 0.1) is 18.2 Å². The Labute approximate surface area is 174 Å². The van der Waals surface area contributed by atoms with Crippen molar-refractivity contribution in [2.75, 3.05) is 13.6 Å². The molecule has 0 fully saturated rings. The van der Waals surface area contributed by atoms with Crippen molar-refractivity contribution in [3.05, 3.63) is 65.2 Å². The molecule has 5 nitrogen and oxygen atoms in total. The molecule has 27 heavy (non-hydrogen) atoms. The molecule has 2 aromatic carbocycles. The van der Waals surface area contributed by atoms with E-state index in [1.165, 1.54) is 24.3 Å². The third-order valence-electron chi connectivity index (χ3n) is 3.57. The van der Waals surface area contributed by atoms with Gasteiger partial charge in [0.15, 0.2) is 17.5 Å². The van der Waals surface area contributed by atoms with Crippen molar-refractivity contribution in [3.63, 3.8) is 0 Å². The van der Waals surface area contributed by atoms with Crippen molar-refractivity contribution in [1.29, 1.82) is 5.26 Å². The Morgan fingerprint density at radius 3 is 2.59 bits per heavy atom. The van der Waals surface area contributed by atoms with Gasteiger partial charge in [-0.2, -0.15) is 5.26 Å². The fraction of sp³-hybridized carbons (Fsp3) is 0.263. The summed E-state index contributed by atoms with van der Waals surface area (Å²) in [7, 11) is 1.58. The largest absolute Gasteiger partial charge is 0.486 e. The summed E-state index contributed by atoms with van der Waals surface area (Å²) in [5, 5.41) is 14.9. The van der Waals surface area contributed by atoms with Gasteiger partial charge >= 0.3 is 0 Å². The zero-order chi connectivity index (χ0) is 18.9. The van der Waals surface area contributed by atoms with Crippen LogP contribution in [0.4, 0.5) is 8.78 Å². The molecular formula is C19H21F2IN4O. The number of hydrogen-bond donors (Lipinski definition) is 2. The van der Waals surface area contributed by atoms with E-state index in [4.69, 9.17) is 10.00 Å². The van der Waals surface area contributed by atoms with Gasteiger partial charge in [0.25, 0.3) is 0 Å². The average Bonchev–Trinajstić information content (AvgIpc) is 2.65. The van der Waals surface area contributed by atoms with Crippen LogP contribution in [0.25, 0.3) is 0 Å². The van der Waals surface area contributed by atoms with Crippen molar-refractivity contribution < 1.29 is 13.5 Å². The Balaban J connectivity index is 0.00000364. The van der Waals surface area contributed by atoms with Crippen LogP contribution >= 0.6 is 24.0 Å². The smallest absolute Gasteiger partial charge is 0.191 e. The lowest BCUT2D eigenvalue weighted by atomic mass is 10.1. The number of benzene rings is 2. The molecule has 0 aliphatic carbocycles. The van der Waals surface area contributed by atoms with E-state index in [-0.39, 0.29) is 42.4 Å². The van der Waals surface area contributed by atoms with Crippen LogP contribution in [0.5, 0.6) is 5.75 Å². The molecule has 0 aliphatic heterocycles. The van der Waals surface area contributed by atoms with Gasteiger partial charge in [-0.15, -0.1) is 24.0 Å². The number of hydrogen-bond acceptors (Lipinski definition) is 3. The van der Waals surface area contributed by atoms with Crippen LogP contribution in [-0.2, 0) is 6.54 Å². The SMILES string of the molecule is CN=C(NCc1cc(C#N)ccc1F)NCC(C)Oc1ccccc1F.I. The van der Waals surface area contributed by atoms with Crippen LogP contribution in [0.3, 0.4) is 0 Å². The highest BCUT2D eigenvalue weighted by molar-refractivity contribution is 14.0. The summed E-state index contributed by atoms with van der Waals surface area (Å²) in [6, 6.07) is 12.3. The van der Waals surface area contributed by atoms with Crippen molar-refractivity contribution >= 4 is 29.9 Å². The van der Waals surface area contributed by atoms with E-state index < -0.39 is 11.6 Å². The van der Waals surface area contributed by atoms with Gasteiger partial charge in [0.2, 0.25) is 0 Å². The third-order valence-corrected chi connectivity index (χ3v) is 3.57. The lowest BCUT2D eigenvalue weighted by Gasteiger charge is -2.18. The molecule has 0 spiro atoms. The maximum absolute atomic E-state index is 13.8. The second kappa shape index (κ2) is 11.3. The Kier molecular flexibility index (Phi) is 9.50. The summed E-state index contributed by atoms with van der Waals surface area (Å²) >= 11 is 0. The molecule has 0 amide bonds. The Bertz CT molecular complexity index is 824. The summed E-state index contributed by atoms with van der Waals surface area (Å²) in [5.41, 5.74) is 0.751. The fourth-order valence-electron chi connectivity index (χ4n) is 2.22. The Morgan fingerprint density at radius 1 is 1.19 bits per heavy atom. The topological polar surface area (TPSA) is 69.4 Å². The number of guanidine groups is 1. The number of para-hydroxylation sites is 1. The maximum atomic E-state index is 13.8. The zero-order valence-electron chi connectivity index (χ0n) is 15.0. The normalized spacial score (nSPS) is 11.7. The molecule has 2 N–H and O–H groups in total. The molecule has 0 saturated carbocycles. The van der Waals surface area contributed by atoms with Crippen molar-refractivity contribution in [2.24, 2.45) is 4.99 Å². The molecule has 8 heteroatoms. The van der Waals surface area contributed by atoms with Gasteiger partial charge in [-0.1, -0.05) is 12.1 Å². The van der Waals surface area contributed by atoms with Gasteiger partial charge in [0.1, 0.15) is 11.9 Å². The standard InChI is InChI=1S/C19H20F2N4O.HI/c1-13(26-18-6-4-3-5-17(18)21)11-24-19(23-2)25-12-15-9-14(10-22)7-8-16(15)20;/h3-9,13H,11-12H2,1-2H3,(H2,23,24,25);1H. The number of nitrogens with one attached hydrogen (secondary N) is 2. The molecular weight excluding hydrogens is 465 g/mol. The van der Waals surface area contributed by atoms with Crippen molar-refractivity contribution in [1.82, 2.24) is 10.6 Å². The summed E-state index contributed by atoms with van der Waals surface area (Å²) in [5.74, 6) is -0.200. The first-order valence-corrected chi connectivity index (χ1v) is 8.07. The van der Waals surface area contributed by atoms with Gasteiger partial charge in [-0.25, -0.2) is 8.78 Å². The summed E-state index contributed by atoms with van der Waals surface area (Å²) in [6.07, 6.45) is -0.316. The lowest BCUT2D eigenvalue weighted by Crippen LogP contribution is -2.41. The number of ether oxygens (including phenoxy) is 1. The van der Waals surface area contributed by atoms with Gasteiger partial charge in [0, 0.05) is 19.2 Å². The van der Waals surface area contributed by atoms with Crippen molar-refractivity contribution in [3.8, 4) is 11.8 Å². The third kappa shape index (κ3) is 7.02. The van der Waals surface area contributed by atoms with Crippen LogP contribution in [0.2, 0.25) is 0 Å². The summed E-state index contributed by atoms with van der Waals surface area (Å²) in [6.45, 7) is 2.33. The zero-order valence-corrected chi connectivity index (χ0v) is 17.3. The predicted molar refractivity (Wildman–Crippen MR) is 111 cm³/mol. The number of nitriles is 1. The minimum absolute atomic E-state index is 0. The van der Waals surface area contributed by atoms with E-state index in [0.29, 0.717) is 23.6 Å². The minimum Gasteiger partial charge on any atom is -0.486 e. The van der Waals surface area contributed by atoms with Gasteiger partial charge < -0.3 is 15.4 Å². The van der Waals surface area contributed by atoms with Crippen LogP contribution < -0.4 is 15.4 Å². The quantitative estimate of drug-likeness (QED) is 0.372. The van der Waals surface area contributed by atoms with Crippen LogP contribution in [0, 0.1) is 23.0 Å².